The number of hydrogen-bond donors (Lipinski definition) is 0. The van der Waals surface area contributed by atoms with Gasteiger partial charge in [-0.25, -0.2) is 0 Å². The number of carbonyl (C=O) groups excluding carboxylic acids is 2. The summed E-state index contributed by atoms with van der Waals surface area (Å²) in [6.45, 7) is 6.10. The van der Waals surface area contributed by atoms with Crippen molar-refractivity contribution in [2.75, 3.05) is 0 Å². The molecule has 45 heavy (non-hydrogen) atoms. The molecule has 0 heterocycles. The van der Waals surface area contributed by atoms with Crippen molar-refractivity contribution >= 4 is 33.5 Å². The van der Waals surface area contributed by atoms with E-state index in [1.807, 2.05) is 32.0 Å². The zero-order valence-electron chi connectivity index (χ0n) is 27.6. The summed E-state index contributed by atoms with van der Waals surface area (Å²) in [6.07, 6.45) is 14.9. The van der Waals surface area contributed by atoms with E-state index in [0.29, 0.717) is 0 Å². The van der Waals surface area contributed by atoms with Gasteiger partial charge in [-0.05, 0) is 89.7 Å². The van der Waals surface area contributed by atoms with Gasteiger partial charge in [-0.2, -0.15) is 0 Å². The quantitative estimate of drug-likeness (QED) is 0.102. The second-order valence-corrected chi connectivity index (χ2v) is 13.3. The summed E-state index contributed by atoms with van der Waals surface area (Å²) in [4.78, 5) is 25.7. The van der Waals surface area contributed by atoms with Crippen LogP contribution in [0.5, 0.6) is 11.5 Å². The lowest BCUT2D eigenvalue weighted by molar-refractivity contribution is -0.153. The van der Waals surface area contributed by atoms with Gasteiger partial charge in [0, 0.05) is 21.5 Å². The summed E-state index contributed by atoms with van der Waals surface area (Å²) < 4.78 is 24.9. The van der Waals surface area contributed by atoms with Crippen LogP contribution in [0.15, 0.2) is 42.5 Å². The predicted molar refractivity (Wildman–Crippen MR) is 180 cm³/mol. The molecule has 2 aliphatic rings. The van der Waals surface area contributed by atoms with E-state index in [0.717, 1.165) is 97.3 Å². The number of ether oxygens (including phenoxy) is 4. The van der Waals surface area contributed by atoms with E-state index in [4.69, 9.17) is 18.9 Å². The Hall–Kier alpha value is -3.28. The van der Waals surface area contributed by atoms with E-state index in [-0.39, 0.29) is 49.2 Å². The Labute approximate surface area is 269 Å². The summed E-state index contributed by atoms with van der Waals surface area (Å²) in [5.74, 6) is 1.11. The summed E-state index contributed by atoms with van der Waals surface area (Å²) in [6, 6.07) is 14.6. The highest BCUT2D eigenvalue weighted by atomic mass is 16.6. The topological polar surface area (TPSA) is 71.1 Å². The molecule has 0 saturated heterocycles. The highest BCUT2D eigenvalue weighted by Crippen LogP contribution is 2.44. The van der Waals surface area contributed by atoms with Crippen molar-refractivity contribution in [3.8, 4) is 11.5 Å². The number of esters is 2. The van der Waals surface area contributed by atoms with Crippen molar-refractivity contribution in [3.05, 3.63) is 48.0 Å². The fraction of sp³-hybridized carbons (Fsp3) is 0.590. The lowest BCUT2D eigenvalue weighted by Crippen LogP contribution is -2.25. The van der Waals surface area contributed by atoms with Crippen LogP contribution in [-0.4, -0.2) is 36.4 Å². The molecule has 0 N–H and O–H groups in total. The van der Waals surface area contributed by atoms with Gasteiger partial charge in [0.25, 0.3) is 0 Å². The minimum absolute atomic E-state index is 0.0316. The summed E-state index contributed by atoms with van der Waals surface area (Å²) >= 11 is 0. The highest BCUT2D eigenvalue weighted by Gasteiger charge is 2.25. The Bertz CT molecular complexity index is 1420. The Morgan fingerprint density at radius 1 is 0.667 bits per heavy atom. The standard InChI is InChI=1S/C39H52O6/c1-4-5-8-15-29-22-23-34-35(26-29)39(43-28(3)25-37(41)45-31-18-11-7-12-19-31)33-21-14-13-20-32(33)38(34)42-27(2)24-36(40)44-30-16-9-6-10-17-30/h13-14,20-23,26-28,30-31H,4-12,15-19,24-25H2,1-3H3. The molecule has 0 bridgehead atoms. The van der Waals surface area contributed by atoms with Crippen molar-refractivity contribution < 1.29 is 28.5 Å². The molecule has 0 radical (unpaired) electrons. The van der Waals surface area contributed by atoms with Crippen LogP contribution >= 0.6 is 0 Å². The molecule has 2 atom stereocenters. The Balaban J connectivity index is 1.41. The van der Waals surface area contributed by atoms with Crippen LogP contribution in [0.1, 0.15) is 123 Å². The van der Waals surface area contributed by atoms with E-state index in [2.05, 4.69) is 31.2 Å². The average Bonchev–Trinajstić information content (AvgIpc) is 3.03. The largest absolute Gasteiger partial charge is 0.489 e. The van der Waals surface area contributed by atoms with Crippen molar-refractivity contribution in [3.63, 3.8) is 0 Å². The number of aryl methyl sites for hydroxylation is 1. The first-order chi connectivity index (χ1) is 21.9. The number of rotatable bonds is 14. The first kappa shape index (κ1) is 33.1. The minimum Gasteiger partial charge on any atom is -0.489 e. The maximum Gasteiger partial charge on any atom is 0.309 e. The zero-order chi connectivity index (χ0) is 31.6. The number of fused-ring (bicyclic) bond motifs is 2. The van der Waals surface area contributed by atoms with E-state index in [1.165, 1.54) is 31.2 Å². The van der Waals surface area contributed by atoms with Crippen LogP contribution < -0.4 is 9.47 Å². The highest BCUT2D eigenvalue weighted by molar-refractivity contribution is 6.11. The third kappa shape index (κ3) is 9.14. The molecule has 0 amide bonds. The van der Waals surface area contributed by atoms with Gasteiger partial charge in [0.05, 0.1) is 12.8 Å². The predicted octanol–water partition coefficient (Wildman–Crippen LogP) is 9.79. The molecule has 5 rings (SSSR count). The molecule has 2 saturated carbocycles. The van der Waals surface area contributed by atoms with Gasteiger partial charge in [0.15, 0.2) is 0 Å². The molecule has 3 aromatic rings. The van der Waals surface area contributed by atoms with Crippen LogP contribution in [0.2, 0.25) is 0 Å². The first-order valence-corrected chi connectivity index (χ1v) is 17.6. The molecule has 3 aromatic carbocycles. The lowest BCUT2D eigenvalue weighted by Gasteiger charge is -2.25. The molecular formula is C39H52O6. The lowest BCUT2D eigenvalue weighted by atomic mass is 9.96. The van der Waals surface area contributed by atoms with Gasteiger partial charge in [-0.3, -0.25) is 9.59 Å². The maximum atomic E-state index is 12.9. The Kier molecular flexibility index (Phi) is 12.0. The van der Waals surface area contributed by atoms with Gasteiger partial charge in [0.2, 0.25) is 0 Å². The molecule has 244 valence electrons. The number of unbranched alkanes of at least 4 members (excludes halogenated alkanes) is 2. The Morgan fingerprint density at radius 3 is 1.67 bits per heavy atom. The summed E-state index contributed by atoms with van der Waals surface area (Å²) in [5, 5.41) is 3.74. The molecule has 2 fully saturated rings. The van der Waals surface area contributed by atoms with Gasteiger partial charge in [-0.1, -0.05) is 69.0 Å². The van der Waals surface area contributed by atoms with Crippen LogP contribution in [0, 0.1) is 0 Å². The monoisotopic (exact) mass is 616 g/mol. The molecule has 6 heteroatoms. The third-order valence-electron chi connectivity index (χ3n) is 9.31. The maximum absolute atomic E-state index is 12.9. The molecule has 0 aliphatic heterocycles. The molecule has 6 nitrogen and oxygen atoms in total. The number of carbonyl (C=O) groups is 2. The van der Waals surface area contributed by atoms with Gasteiger partial charge >= 0.3 is 11.9 Å². The van der Waals surface area contributed by atoms with E-state index in [1.54, 1.807) is 0 Å². The van der Waals surface area contributed by atoms with Gasteiger partial charge in [0.1, 0.15) is 35.9 Å². The number of benzene rings is 3. The molecular weight excluding hydrogens is 564 g/mol. The first-order valence-electron chi connectivity index (χ1n) is 17.6. The molecule has 0 spiro atoms. The minimum atomic E-state index is -0.364. The van der Waals surface area contributed by atoms with E-state index >= 15 is 0 Å². The molecule has 0 aromatic heterocycles. The number of hydrogen-bond acceptors (Lipinski definition) is 6. The van der Waals surface area contributed by atoms with Crippen LogP contribution in [0.25, 0.3) is 21.5 Å². The van der Waals surface area contributed by atoms with Crippen molar-refractivity contribution in [1.29, 1.82) is 0 Å². The summed E-state index contributed by atoms with van der Waals surface area (Å²) in [5.41, 5.74) is 1.25. The SMILES string of the molecule is CCCCCc1ccc2c(OC(C)CC(=O)OC3CCCCC3)c3ccccc3c(OC(C)CC(=O)OC3CCCCC3)c2c1. The van der Waals surface area contributed by atoms with E-state index in [9.17, 15) is 9.59 Å². The third-order valence-corrected chi connectivity index (χ3v) is 9.31. The fourth-order valence-electron chi connectivity index (χ4n) is 6.92. The van der Waals surface area contributed by atoms with Gasteiger partial charge in [-0.15, -0.1) is 0 Å². The average molecular weight is 617 g/mol. The smallest absolute Gasteiger partial charge is 0.309 e. The Morgan fingerprint density at radius 2 is 1.16 bits per heavy atom. The molecule has 2 aliphatic carbocycles. The fourth-order valence-corrected chi connectivity index (χ4v) is 6.92. The van der Waals surface area contributed by atoms with Gasteiger partial charge < -0.3 is 18.9 Å². The van der Waals surface area contributed by atoms with Crippen LogP contribution in [0.4, 0.5) is 0 Å². The second-order valence-electron chi connectivity index (χ2n) is 13.3. The summed E-state index contributed by atoms with van der Waals surface area (Å²) in [7, 11) is 0. The van der Waals surface area contributed by atoms with Crippen LogP contribution in [-0.2, 0) is 25.5 Å². The molecule has 2 unspecified atom stereocenters. The van der Waals surface area contributed by atoms with Crippen molar-refractivity contribution in [2.24, 2.45) is 0 Å². The zero-order valence-corrected chi connectivity index (χ0v) is 27.6. The second kappa shape index (κ2) is 16.3. The van der Waals surface area contributed by atoms with E-state index < -0.39 is 0 Å². The van der Waals surface area contributed by atoms with Crippen molar-refractivity contribution in [2.45, 2.75) is 148 Å². The van der Waals surface area contributed by atoms with Crippen LogP contribution in [0.3, 0.4) is 0 Å². The van der Waals surface area contributed by atoms with Crippen molar-refractivity contribution in [1.82, 2.24) is 0 Å². The normalized spacial score (nSPS) is 17.6.